The molecule has 0 aliphatic rings. The number of hydrogen-bond donors (Lipinski definition) is 0. The van der Waals surface area contributed by atoms with E-state index in [2.05, 4.69) is 30.4 Å². The number of nitroso groups, excluding NO2 is 1. The van der Waals surface area contributed by atoms with Crippen LogP contribution in [0.1, 0.15) is 5.82 Å². The molecule has 0 radical (unpaired) electrons. The predicted molar refractivity (Wildman–Crippen MR) is 106 cm³/mol. The number of fused-ring (bicyclic) bond motifs is 2. The van der Waals surface area contributed by atoms with Crippen LogP contribution in [0.5, 0.6) is 5.75 Å². The van der Waals surface area contributed by atoms with Crippen molar-refractivity contribution in [2.45, 2.75) is 6.61 Å². The first kappa shape index (κ1) is 16.9. The second-order valence-corrected chi connectivity index (χ2v) is 6.23. The van der Waals surface area contributed by atoms with E-state index in [0.29, 0.717) is 28.7 Å². The van der Waals surface area contributed by atoms with Crippen molar-refractivity contribution in [3.05, 3.63) is 77.7 Å². The summed E-state index contributed by atoms with van der Waals surface area (Å²) in [6, 6.07) is 16.4. The fourth-order valence-electron chi connectivity index (χ4n) is 3.02. The van der Waals surface area contributed by atoms with Gasteiger partial charge in [-0.15, -0.1) is 15.1 Å². The van der Waals surface area contributed by atoms with Crippen LogP contribution in [0.25, 0.3) is 27.9 Å². The summed E-state index contributed by atoms with van der Waals surface area (Å²) >= 11 is 0. The van der Waals surface area contributed by atoms with Crippen molar-refractivity contribution in [2.24, 2.45) is 5.18 Å². The zero-order valence-corrected chi connectivity index (χ0v) is 15.0. The van der Waals surface area contributed by atoms with Gasteiger partial charge in [0.2, 0.25) is 0 Å². The standard InChI is InChI=1S/C20H13N7O2/c28-26-14-5-3-4-13(10-14)17-11-22-20-24-23-19(27(20)25-17)12-29-18-8-9-21-16-7-2-1-6-15(16)18/h1-11H,12H2. The topological polar surface area (TPSA) is 108 Å². The molecule has 0 amide bonds. The molecule has 0 bridgehead atoms. The van der Waals surface area contributed by atoms with Gasteiger partial charge in [-0.05, 0) is 35.5 Å². The lowest BCUT2D eigenvalue weighted by Crippen LogP contribution is -2.06. The summed E-state index contributed by atoms with van der Waals surface area (Å²) in [7, 11) is 0. The molecule has 5 aromatic rings. The fraction of sp³-hybridized carbons (Fsp3) is 0.0500. The molecule has 29 heavy (non-hydrogen) atoms. The maximum atomic E-state index is 10.8. The first-order valence-electron chi connectivity index (χ1n) is 8.79. The van der Waals surface area contributed by atoms with Crippen LogP contribution >= 0.6 is 0 Å². The Balaban J connectivity index is 1.48. The SMILES string of the molecule is O=Nc1cccc(-c2cnc3nnc(COc4ccnc5ccccc45)n3n2)c1. The molecule has 140 valence electrons. The molecule has 0 fully saturated rings. The number of rotatable bonds is 5. The van der Waals surface area contributed by atoms with Crippen LogP contribution in [0.3, 0.4) is 0 Å². The van der Waals surface area contributed by atoms with Gasteiger partial charge in [0.1, 0.15) is 23.7 Å². The number of nitrogens with zero attached hydrogens (tertiary/aromatic N) is 7. The highest BCUT2D eigenvalue weighted by Crippen LogP contribution is 2.25. The van der Waals surface area contributed by atoms with Gasteiger partial charge in [0.05, 0.1) is 11.7 Å². The lowest BCUT2D eigenvalue weighted by atomic mass is 10.1. The van der Waals surface area contributed by atoms with Gasteiger partial charge in [0, 0.05) is 17.1 Å². The maximum absolute atomic E-state index is 10.8. The molecule has 0 aliphatic carbocycles. The van der Waals surface area contributed by atoms with E-state index in [1.54, 1.807) is 36.7 Å². The first-order valence-corrected chi connectivity index (χ1v) is 8.79. The molecular formula is C20H13N7O2. The van der Waals surface area contributed by atoms with E-state index < -0.39 is 0 Å². The van der Waals surface area contributed by atoms with Crippen LogP contribution in [0, 0.1) is 4.91 Å². The molecule has 3 heterocycles. The summed E-state index contributed by atoms with van der Waals surface area (Å²) < 4.78 is 7.49. The first-order chi connectivity index (χ1) is 14.3. The highest BCUT2D eigenvalue weighted by atomic mass is 16.5. The number of benzene rings is 2. The fourth-order valence-corrected chi connectivity index (χ4v) is 3.02. The predicted octanol–water partition coefficient (Wildman–Crippen LogP) is 3.71. The number of hydrogen-bond acceptors (Lipinski definition) is 8. The van der Waals surface area contributed by atoms with E-state index in [1.807, 2.05) is 30.3 Å². The zero-order chi connectivity index (χ0) is 19.6. The maximum Gasteiger partial charge on any atom is 0.272 e. The minimum Gasteiger partial charge on any atom is -0.485 e. The highest BCUT2D eigenvalue weighted by Gasteiger charge is 2.12. The molecule has 9 heteroatoms. The lowest BCUT2D eigenvalue weighted by Gasteiger charge is -2.08. The third kappa shape index (κ3) is 3.14. The van der Waals surface area contributed by atoms with Gasteiger partial charge in [-0.3, -0.25) is 4.98 Å². The van der Waals surface area contributed by atoms with Gasteiger partial charge in [0.15, 0.2) is 5.82 Å². The summed E-state index contributed by atoms with van der Waals surface area (Å²) in [5.41, 5.74) is 2.46. The summed E-state index contributed by atoms with van der Waals surface area (Å²) in [6.45, 7) is 0.156. The van der Waals surface area contributed by atoms with E-state index in [-0.39, 0.29) is 6.61 Å². The number of ether oxygens (including phenoxy) is 1. The van der Waals surface area contributed by atoms with E-state index in [9.17, 15) is 4.91 Å². The van der Waals surface area contributed by atoms with Crippen molar-refractivity contribution < 1.29 is 4.74 Å². The van der Waals surface area contributed by atoms with Crippen molar-refractivity contribution in [2.75, 3.05) is 0 Å². The van der Waals surface area contributed by atoms with Crippen LogP contribution < -0.4 is 4.74 Å². The zero-order valence-electron chi connectivity index (χ0n) is 15.0. The molecular weight excluding hydrogens is 370 g/mol. The molecule has 0 atom stereocenters. The van der Waals surface area contributed by atoms with Gasteiger partial charge >= 0.3 is 0 Å². The Bertz CT molecular complexity index is 1340. The van der Waals surface area contributed by atoms with E-state index >= 15 is 0 Å². The molecule has 9 nitrogen and oxygen atoms in total. The molecule has 0 saturated heterocycles. The van der Waals surface area contributed by atoms with Gasteiger partial charge in [0.25, 0.3) is 5.78 Å². The Hall–Kier alpha value is -4.27. The summed E-state index contributed by atoms with van der Waals surface area (Å²) in [5.74, 6) is 1.55. The Labute approximate surface area is 164 Å². The Morgan fingerprint density at radius 2 is 1.93 bits per heavy atom. The lowest BCUT2D eigenvalue weighted by molar-refractivity contribution is 0.296. The van der Waals surface area contributed by atoms with Crippen LogP contribution in [0.15, 0.2) is 72.2 Å². The Morgan fingerprint density at radius 1 is 1.00 bits per heavy atom. The third-order valence-corrected chi connectivity index (χ3v) is 4.41. The molecule has 0 N–H and O–H groups in total. The van der Waals surface area contributed by atoms with Crippen LogP contribution in [0.2, 0.25) is 0 Å². The highest BCUT2D eigenvalue weighted by molar-refractivity contribution is 5.84. The number of para-hydroxylation sites is 1. The Kier molecular flexibility index (Phi) is 4.10. The van der Waals surface area contributed by atoms with Crippen molar-refractivity contribution in [1.82, 2.24) is 29.8 Å². The van der Waals surface area contributed by atoms with Crippen LogP contribution in [0.4, 0.5) is 5.69 Å². The smallest absolute Gasteiger partial charge is 0.272 e. The van der Waals surface area contributed by atoms with Crippen molar-refractivity contribution in [3.63, 3.8) is 0 Å². The monoisotopic (exact) mass is 383 g/mol. The minimum absolute atomic E-state index is 0.156. The van der Waals surface area contributed by atoms with Crippen molar-refractivity contribution in [3.8, 4) is 17.0 Å². The van der Waals surface area contributed by atoms with Gasteiger partial charge in [-0.25, -0.2) is 4.98 Å². The number of pyridine rings is 1. The third-order valence-electron chi connectivity index (χ3n) is 4.41. The van der Waals surface area contributed by atoms with E-state index in [0.717, 1.165) is 16.5 Å². The quantitative estimate of drug-likeness (QED) is 0.426. The number of aromatic nitrogens is 6. The minimum atomic E-state index is 0.156. The molecule has 3 aromatic heterocycles. The molecule has 2 aromatic carbocycles. The summed E-state index contributed by atoms with van der Waals surface area (Å²) in [4.78, 5) is 19.4. The molecule has 5 rings (SSSR count). The van der Waals surface area contributed by atoms with Gasteiger partial charge < -0.3 is 4.74 Å². The van der Waals surface area contributed by atoms with Crippen LogP contribution in [-0.2, 0) is 6.61 Å². The molecule has 0 saturated carbocycles. The van der Waals surface area contributed by atoms with Gasteiger partial charge in [-0.2, -0.15) is 9.61 Å². The van der Waals surface area contributed by atoms with Crippen molar-refractivity contribution in [1.29, 1.82) is 0 Å². The summed E-state index contributed by atoms with van der Waals surface area (Å²) in [5, 5.41) is 16.6. The normalized spacial score (nSPS) is 11.0. The van der Waals surface area contributed by atoms with Crippen molar-refractivity contribution >= 4 is 22.4 Å². The molecule has 0 spiro atoms. The second-order valence-electron chi connectivity index (χ2n) is 6.23. The van der Waals surface area contributed by atoms with Gasteiger partial charge in [-0.1, -0.05) is 24.3 Å². The Morgan fingerprint density at radius 3 is 2.86 bits per heavy atom. The van der Waals surface area contributed by atoms with E-state index in [1.165, 1.54) is 4.52 Å². The molecule has 0 unspecified atom stereocenters. The van der Waals surface area contributed by atoms with E-state index in [4.69, 9.17) is 4.74 Å². The van der Waals surface area contributed by atoms with Crippen LogP contribution in [-0.4, -0.2) is 29.8 Å². The average molecular weight is 383 g/mol. The average Bonchev–Trinajstić information content (AvgIpc) is 3.20. The summed E-state index contributed by atoms with van der Waals surface area (Å²) in [6.07, 6.45) is 3.28. The second kappa shape index (κ2) is 7.04. The molecule has 0 aliphatic heterocycles. The largest absolute Gasteiger partial charge is 0.485 e.